The van der Waals surface area contributed by atoms with Gasteiger partial charge in [-0.05, 0) is 74.4 Å². The molecule has 0 bridgehead atoms. The van der Waals surface area contributed by atoms with Gasteiger partial charge in [0.15, 0.2) is 0 Å². The molecule has 1 aliphatic rings. The molecule has 0 aliphatic heterocycles. The Bertz CT molecular complexity index is 1120. The standard InChI is InChI=1S/C24H29N3S.C8H16/c1-14-8-9-21(12-26-19(6)15(2)10-16(3)20(7)28)11-22(14)13-27-24-18(5)17(4)23(24)25;1-5-8(4)6-7(2)3/h8-11,26-27H,2,4-6,12-13,25H2,1,3,7H3;6,8H,5H2,1-4H3/b16-10+;. The molecule has 0 saturated heterocycles. The summed E-state index contributed by atoms with van der Waals surface area (Å²) in [4.78, 5) is 0.859. The van der Waals surface area contributed by atoms with Crippen LogP contribution in [0.1, 0.15) is 64.7 Å². The van der Waals surface area contributed by atoms with Gasteiger partial charge in [-0.2, -0.15) is 0 Å². The highest BCUT2D eigenvalue weighted by Gasteiger charge is 2.23. The van der Waals surface area contributed by atoms with Gasteiger partial charge in [-0.15, -0.1) is 0 Å². The molecule has 1 aromatic rings. The van der Waals surface area contributed by atoms with Crippen LogP contribution in [0, 0.1) is 12.8 Å². The van der Waals surface area contributed by atoms with E-state index in [-0.39, 0.29) is 0 Å². The second kappa shape index (κ2) is 14.4. The van der Waals surface area contributed by atoms with E-state index in [1.807, 2.05) is 19.9 Å². The summed E-state index contributed by atoms with van der Waals surface area (Å²) >= 11 is 5.18. The summed E-state index contributed by atoms with van der Waals surface area (Å²) in [5, 5.41) is 6.71. The molecule has 0 amide bonds. The van der Waals surface area contributed by atoms with Crippen LogP contribution >= 0.6 is 12.2 Å². The molecule has 1 aromatic carbocycles. The first-order chi connectivity index (χ1) is 16.8. The molecular weight excluding hydrogens is 458 g/mol. The zero-order chi connectivity index (χ0) is 27.6. The van der Waals surface area contributed by atoms with Gasteiger partial charge in [-0.1, -0.05) is 88.7 Å². The van der Waals surface area contributed by atoms with Gasteiger partial charge in [-0.25, -0.2) is 0 Å². The normalized spacial score (nSPS) is 13.7. The molecule has 2 rings (SSSR count). The number of hydrogen-bond donors (Lipinski definition) is 3. The van der Waals surface area contributed by atoms with Crippen molar-refractivity contribution in [1.82, 2.24) is 10.6 Å². The molecule has 194 valence electrons. The quantitative estimate of drug-likeness (QED) is 0.124. The van der Waals surface area contributed by atoms with Gasteiger partial charge in [0.1, 0.15) is 0 Å². The lowest BCUT2D eigenvalue weighted by atomic mass is 9.90. The third kappa shape index (κ3) is 9.50. The SMILES string of the molecule is C=C(/C=C(\C)C(C)=S)C(=C)NCc1ccc(C)c(CNC2=C(N)C(=C)C2=C)c1.CCC(C)C=C(C)C. The Morgan fingerprint density at radius 3 is 2.22 bits per heavy atom. The minimum absolute atomic E-state index is 0.670. The van der Waals surface area contributed by atoms with Crippen molar-refractivity contribution < 1.29 is 0 Å². The molecule has 1 unspecified atom stereocenters. The van der Waals surface area contributed by atoms with E-state index >= 15 is 0 Å². The van der Waals surface area contributed by atoms with Gasteiger partial charge in [0, 0.05) is 34.8 Å². The number of allylic oxidation sites excluding steroid dienone is 6. The maximum absolute atomic E-state index is 5.97. The van der Waals surface area contributed by atoms with Crippen molar-refractivity contribution in [2.24, 2.45) is 11.7 Å². The van der Waals surface area contributed by atoms with Gasteiger partial charge < -0.3 is 16.4 Å². The third-order valence-corrected chi connectivity index (χ3v) is 6.55. The lowest BCUT2D eigenvalue weighted by molar-refractivity contribution is 0.693. The second-order valence-electron chi connectivity index (χ2n) is 9.73. The van der Waals surface area contributed by atoms with Crippen LogP contribution in [0.15, 0.2) is 102 Å². The average molecular weight is 504 g/mol. The Hall–Kier alpha value is -3.11. The number of aryl methyl sites for hydroxylation is 1. The molecule has 0 heterocycles. The first-order valence-electron chi connectivity index (χ1n) is 12.5. The van der Waals surface area contributed by atoms with E-state index in [1.54, 1.807) is 0 Å². The van der Waals surface area contributed by atoms with Crippen molar-refractivity contribution in [3.8, 4) is 0 Å². The Labute approximate surface area is 225 Å². The Morgan fingerprint density at radius 2 is 1.72 bits per heavy atom. The second-order valence-corrected chi connectivity index (χ2v) is 10.3. The highest BCUT2D eigenvalue weighted by molar-refractivity contribution is 7.80. The number of rotatable bonds is 11. The largest absolute Gasteiger partial charge is 0.397 e. The predicted molar refractivity (Wildman–Crippen MR) is 164 cm³/mol. The van der Waals surface area contributed by atoms with E-state index in [1.165, 1.54) is 28.7 Å². The van der Waals surface area contributed by atoms with Crippen molar-refractivity contribution in [2.45, 2.75) is 68.0 Å². The summed E-state index contributed by atoms with van der Waals surface area (Å²) in [5.74, 6) is 0.764. The summed E-state index contributed by atoms with van der Waals surface area (Å²) in [6.07, 6.45) is 5.52. The fraction of sp³-hybridized carbons (Fsp3) is 0.344. The van der Waals surface area contributed by atoms with E-state index in [2.05, 4.69) is 95.8 Å². The van der Waals surface area contributed by atoms with Crippen molar-refractivity contribution >= 4 is 17.1 Å². The van der Waals surface area contributed by atoms with Crippen molar-refractivity contribution in [1.29, 1.82) is 0 Å². The number of thiocarbonyl (C=S) groups is 1. The summed E-state index contributed by atoms with van der Waals surface area (Å²) in [7, 11) is 0. The molecule has 1 aliphatic carbocycles. The lowest BCUT2D eigenvalue weighted by Crippen LogP contribution is -2.28. The van der Waals surface area contributed by atoms with Gasteiger partial charge in [0.2, 0.25) is 0 Å². The Balaban J connectivity index is 0.000000697. The van der Waals surface area contributed by atoms with Gasteiger partial charge in [0.05, 0.1) is 11.4 Å². The number of benzene rings is 1. The van der Waals surface area contributed by atoms with E-state index in [0.29, 0.717) is 18.8 Å². The van der Waals surface area contributed by atoms with Crippen LogP contribution in [0.3, 0.4) is 0 Å². The summed E-state index contributed by atoms with van der Waals surface area (Å²) in [5.41, 5.74) is 17.0. The number of hydrogen-bond acceptors (Lipinski definition) is 4. The zero-order valence-corrected chi connectivity index (χ0v) is 24.2. The van der Waals surface area contributed by atoms with Gasteiger partial charge in [-0.3, -0.25) is 0 Å². The highest BCUT2D eigenvalue weighted by atomic mass is 32.1. The molecule has 3 nitrogen and oxygen atoms in total. The molecule has 0 fully saturated rings. The van der Waals surface area contributed by atoms with E-state index in [0.717, 1.165) is 44.5 Å². The molecule has 0 aromatic heterocycles. The maximum atomic E-state index is 5.97. The molecule has 4 heteroatoms. The van der Waals surface area contributed by atoms with Crippen LogP contribution in [0.5, 0.6) is 0 Å². The zero-order valence-electron chi connectivity index (χ0n) is 23.4. The monoisotopic (exact) mass is 503 g/mol. The summed E-state index contributed by atoms with van der Waals surface area (Å²) in [6, 6.07) is 6.42. The van der Waals surface area contributed by atoms with Crippen molar-refractivity contribution in [2.75, 3.05) is 0 Å². The van der Waals surface area contributed by atoms with Crippen LogP contribution in [0.2, 0.25) is 0 Å². The Kier molecular flexibility index (Phi) is 12.4. The van der Waals surface area contributed by atoms with Crippen molar-refractivity contribution in [3.05, 3.63) is 118 Å². The van der Waals surface area contributed by atoms with Crippen LogP contribution in [0.4, 0.5) is 0 Å². The van der Waals surface area contributed by atoms with Gasteiger partial charge in [0.25, 0.3) is 0 Å². The fourth-order valence-electron chi connectivity index (χ4n) is 3.43. The number of nitrogens with two attached hydrogens (primary N) is 1. The van der Waals surface area contributed by atoms with Crippen LogP contribution in [-0.4, -0.2) is 4.86 Å². The molecule has 0 radical (unpaired) electrons. The minimum Gasteiger partial charge on any atom is -0.397 e. The predicted octanol–water partition coefficient (Wildman–Crippen LogP) is 7.88. The van der Waals surface area contributed by atoms with Crippen LogP contribution < -0.4 is 16.4 Å². The van der Waals surface area contributed by atoms with E-state index in [4.69, 9.17) is 18.0 Å². The summed E-state index contributed by atoms with van der Waals surface area (Å²) in [6.45, 7) is 32.1. The minimum atomic E-state index is 0.670. The Morgan fingerprint density at radius 1 is 1.08 bits per heavy atom. The summed E-state index contributed by atoms with van der Waals surface area (Å²) < 4.78 is 0. The van der Waals surface area contributed by atoms with Gasteiger partial charge >= 0.3 is 0 Å². The molecule has 0 spiro atoms. The maximum Gasteiger partial charge on any atom is 0.0657 e. The van der Waals surface area contributed by atoms with Crippen molar-refractivity contribution in [3.63, 3.8) is 0 Å². The third-order valence-electron chi connectivity index (χ3n) is 6.23. The topological polar surface area (TPSA) is 50.1 Å². The fourth-order valence-corrected chi connectivity index (χ4v) is 3.49. The van der Waals surface area contributed by atoms with E-state index < -0.39 is 0 Å². The molecule has 0 saturated carbocycles. The van der Waals surface area contributed by atoms with E-state index in [9.17, 15) is 0 Å². The lowest BCUT2D eigenvalue weighted by Gasteiger charge is -2.27. The van der Waals surface area contributed by atoms with Crippen LogP contribution in [-0.2, 0) is 13.1 Å². The first-order valence-corrected chi connectivity index (χ1v) is 12.9. The smallest absolute Gasteiger partial charge is 0.0657 e. The first kappa shape index (κ1) is 30.9. The molecule has 4 N–H and O–H groups in total. The molecule has 36 heavy (non-hydrogen) atoms. The molecular formula is C32H45N3S. The highest BCUT2D eigenvalue weighted by Crippen LogP contribution is 2.32. The number of nitrogens with one attached hydrogen (secondary N) is 2. The average Bonchev–Trinajstić information content (AvgIpc) is 2.83. The molecule has 1 atom stereocenters. The van der Waals surface area contributed by atoms with Crippen LogP contribution in [0.25, 0.3) is 0 Å².